The third kappa shape index (κ3) is 4.82. The molecule has 0 spiro atoms. The Morgan fingerprint density at radius 1 is 0.969 bits per heavy atom. The number of carboxylic acids is 1. The summed E-state index contributed by atoms with van der Waals surface area (Å²) in [5.41, 5.74) is 3.02. The minimum Gasteiger partial charge on any atom is -0.495 e. The van der Waals surface area contributed by atoms with Crippen molar-refractivity contribution in [2.24, 2.45) is 0 Å². The van der Waals surface area contributed by atoms with Crippen LogP contribution in [0.15, 0.2) is 83.2 Å². The summed E-state index contributed by atoms with van der Waals surface area (Å²) in [7, 11) is 1.49. The Labute approximate surface area is 193 Å². The summed E-state index contributed by atoms with van der Waals surface area (Å²) in [5.74, 6) is -0.589. The molecule has 0 amide bonds. The lowest BCUT2D eigenvalue weighted by atomic mass is 10.0. The van der Waals surface area contributed by atoms with Crippen molar-refractivity contribution in [3.05, 3.63) is 94.9 Å². The second-order valence-corrected chi connectivity index (χ2v) is 8.37. The van der Waals surface area contributed by atoms with E-state index >= 15 is 0 Å². The Morgan fingerprint density at radius 2 is 1.66 bits per heavy atom. The van der Waals surface area contributed by atoms with Crippen LogP contribution in [0.25, 0.3) is 10.6 Å². The zero-order valence-electron chi connectivity index (χ0n) is 16.9. The molecule has 0 aliphatic rings. The number of carboxylic acid groups (broad SMARTS) is 1. The highest BCUT2D eigenvalue weighted by molar-refractivity contribution is 8.00. The van der Waals surface area contributed by atoms with Gasteiger partial charge in [-0.05, 0) is 18.2 Å². The molecule has 1 heterocycles. The predicted molar refractivity (Wildman–Crippen MR) is 127 cm³/mol. The molecule has 0 aliphatic carbocycles. The lowest BCUT2D eigenvalue weighted by Gasteiger charge is -2.10. The molecule has 2 N–H and O–H groups in total. The molecule has 0 radical (unpaired) electrons. The number of ether oxygens (including phenoxy) is 1. The minimum absolute atomic E-state index is 0.0143. The van der Waals surface area contributed by atoms with Crippen LogP contribution < -0.4 is 9.46 Å². The first kappa shape index (κ1) is 21.6. The van der Waals surface area contributed by atoms with Crippen LogP contribution in [0.2, 0.25) is 0 Å². The molecule has 3 aromatic carbocycles. The Hall–Kier alpha value is -3.62. The summed E-state index contributed by atoms with van der Waals surface area (Å²) in [6, 6.07) is 21.2. The Kier molecular flexibility index (Phi) is 6.53. The fourth-order valence-corrected chi connectivity index (χ4v) is 4.58. The maximum Gasteiger partial charge on any atom is 0.335 e. The lowest BCUT2D eigenvalue weighted by Crippen LogP contribution is -2.00. The molecule has 8 heteroatoms. The monoisotopic (exact) mass is 462 g/mol. The maximum absolute atomic E-state index is 12.6. The van der Waals surface area contributed by atoms with Gasteiger partial charge < -0.3 is 14.6 Å². The van der Waals surface area contributed by atoms with Crippen molar-refractivity contribution in [1.29, 1.82) is 0 Å². The van der Waals surface area contributed by atoms with Gasteiger partial charge in [0.05, 0.1) is 18.4 Å². The fourth-order valence-electron chi connectivity index (χ4n) is 2.97. The molecule has 4 rings (SSSR count). The molecule has 0 saturated carbocycles. The van der Waals surface area contributed by atoms with Crippen molar-refractivity contribution < 1.29 is 19.4 Å². The van der Waals surface area contributed by atoms with Crippen LogP contribution >= 0.6 is 23.3 Å². The van der Waals surface area contributed by atoms with Gasteiger partial charge in [0.15, 0.2) is 5.78 Å². The first-order chi connectivity index (χ1) is 15.5. The Balaban J connectivity index is 1.44. The number of ketones is 1. The van der Waals surface area contributed by atoms with Crippen LogP contribution in [-0.2, 0) is 0 Å². The van der Waals surface area contributed by atoms with Crippen LogP contribution in [0.4, 0.5) is 5.69 Å². The number of methoxy groups -OCH3 is 1. The van der Waals surface area contributed by atoms with Gasteiger partial charge in [0, 0.05) is 34.0 Å². The van der Waals surface area contributed by atoms with E-state index in [0.717, 1.165) is 15.6 Å². The number of carbonyl (C=O) groups excluding carboxylic acids is 1. The quantitative estimate of drug-likeness (QED) is 0.250. The molecule has 4 aromatic rings. The first-order valence-electron chi connectivity index (χ1n) is 9.55. The van der Waals surface area contributed by atoms with E-state index in [2.05, 4.69) is 9.71 Å². The number of aromatic carboxylic acids is 1. The van der Waals surface area contributed by atoms with Gasteiger partial charge in [-0.25, -0.2) is 9.78 Å². The predicted octanol–water partition coefficient (Wildman–Crippen LogP) is 5.87. The highest BCUT2D eigenvalue weighted by Gasteiger charge is 2.12. The normalized spacial score (nSPS) is 10.5. The van der Waals surface area contributed by atoms with Gasteiger partial charge in [-0.2, -0.15) is 0 Å². The van der Waals surface area contributed by atoms with Crippen LogP contribution in [-0.4, -0.2) is 29.0 Å². The highest BCUT2D eigenvalue weighted by atomic mass is 32.2. The van der Waals surface area contributed by atoms with Crippen molar-refractivity contribution in [3.63, 3.8) is 0 Å². The largest absolute Gasteiger partial charge is 0.495 e. The second-order valence-electron chi connectivity index (χ2n) is 6.69. The molecule has 1 aromatic heterocycles. The number of hydrogen-bond acceptors (Lipinski definition) is 7. The number of thiazole rings is 1. The number of benzene rings is 3. The van der Waals surface area contributed by atoms with E-state index in [4.69, 9.17) is 9.84 Å². The SMILES string of the molecule is COc1cc(C(=O)O)ccc1NSc1csc(-c2ccc(C(=O)c3ccccc3)cc2)n1. The Morgan fingerprint density at radius 3 is 2.34 bits per heavy atom. The van der Waals surface area contributed by atoms with Crippen molar-refractivity contribution >= 4 is 40.7 Å². The summed E-state index contributed by atoms with van der Waals surface area (Å²) >= 11 is 2.80. The molecular weight excluding hydrogens is 444 g/mol. The number of nitrogens with one attached hydrogen (secondary N) is 1. The number of nitrogens with zero attached hydrogens (tertiary/aromatic N) is 1. The molecule has 32 heavy (non-hydrogen) atoms. The fraction of sp³-hybridized carbons (Fsp3) is 0.0417. The van der Waals surface area contributed by atoms with Crippen LogP contribution in [0, 0.1) is 0 Å². The number of aromatic nitrogens is 1. The van der Waals surface area contributed by atoms with Crippen molar-refractivity contribution in [3.8, 4) is 16.3 Å². The molecular formula is C24H18N2O4S2. The van der Waals surface area contributed by atoms with Gasteiger partial charge >= 0.3 is 5.97 Å². The average molecular weight is 463 g/mol. The topological polar surface area (TPSA) is 88.5 Å². The van der Waals surface area contributed by atoms with Crippen LogP contribution in [0.3, 0.4) is 0 Å². The van der Waals surface area contributed by atoms with Crippen LogP contribution in [0.5, 0.6) is 5.75 Å². The molecule has 6 nitrogen and oxygen atoms in total. The first-order valence-corrected chi connectivity index (χ1v) is 11.2. The van der Waals surface area contributed by atoms with Crippen molar-refractivity contribution in [1.82, 2.24) is 4.98 Å². The van der Waals surface area contributed by atoms with E-state index in [0.29, 0.717) is 22.6 Å². The van der Waals surface area contributed by atoms with E-state index in [1.807, 2.05) is 47.8 Å². The summed E-state index contributed by atoms with van der Waals surface area (Å²) in [6.07, 6.45) is 0. The maximum atomic E-state index is 12.6. The highest BCUT2D eigenvalue weighted by Crippen LogP contribution is 2.33. The number of anilines is 1. The second kappa shape index (κ2) is 9.67. The van der Waals surface area contributed by atoms with E-state index in [1.54, 1.807) is 18.2 Å². The molecule has 0 saturated heterocycles. The van der Waals surface area contributed by atoms with E-state index in [9.17, 15) is 9.59 Å². The molecule has 0 fully saturated rings. The van der Waals surface area contributed by atoms with Gasteiger partial charge in [-0.1, -0.05) is 54.6 Å². The van der Waals surface area contributed by atoms with Gasteiger partial charge in [0.25, 0.3) is 0 Å². The molecule has 0 atom stereocenters. The summed E-state index contributed by atoms with van der Waals surface area (Å²) in [4.78, 5) is 28.3. The Bertz CT molecular complexity index is 1250. The van der Waals surface area contributed by atoms with E-state index < -0.39 is 5.97 Å². The van der Waals surface area contributed by atoms with Gasteiger partial charge in [-0.15, -0.1) is 11.3 Å². The average Bonchev–Trinajstić information content (AvgIpc) is 3.32. The number of hydrogen-bond donors (Lipinski definition) is 2. The smallest absolute Gasteiger partial charge is 0.335 e. The van der Waals surface area contributed by atoms with E-state index in [-0.39, 0.29) is 11.3 Å². The summed E-state index contributed by atoms with van der Waals surface area (Å²) < 4.78 is 8.43. The van der Waals surface area contributed by atoms with Gasteiger partial charge in [0.2, 0.25) is 0 Å². The third-order valence-electron chi connectivity index (χ3n) is 4.63. The van der Waals surface area contributed by atoms with Crippen molar-refractivity contribution in [2.45, 2.75) is 5.03 Å². The zero-order valence-corrected chi connectivity index (χ0v) is 18.6. The third-order valence-corrected chi connectivity index (χ3v) is 6.41. The van der Waals surface area contributed by atoms with Gasteiger partial charge in [0.1, 0.15) is 15.8 Å². The van der Waals surface area contributed by atoms with Crippen LogP contribution in [0.1, 0.15) is 26.3 Å². The van der Waals surface area contributed by atoms with E-state index in [1.165, 1.54) is 42.5 Å². The minimum atomic E-state index is -1.01. The standard InChI is InChI=1S/C24H18N2O4S2/c1-30-20-13-18(24(28)29)11-12-19(20)26-32-21-14-31-23(25-21)17-9-7-16(8-10-17)22(27)15-5-3-2-4-6-15/h2-14,26H,1H3,(H,28,29). The van der Waals surface area contributed by atoms with Gasteiger partial charge in [-0.3, -0.25) is 4.79 Å². The molecule has 0 aliphatic heterocycles. The molecule has 160 valence electrons. The lowest BCUT2D eigenvalue weighted by molar-refractivity contribution is 0.0696. The number of rotatable bonds is 8. The zero-order chi connectivity index (χ0) is 22.5. The molecule has 0 bridgehead atoms. The number of carbonyl (C=O) groups is 2. The molecule has 0 unspecified atom stereocenters. The summed E-state index contributed by atoms with van der Waals surface area (Å²) in [6.45, 7) is 0. The van der Waals surface area contributed by atoms with Crippen molar-refractivity contribution in [2.75, 3.05) is 11.8 Å². The summed E-state index contributed by atoms with van der Waals surface area (Å²) in [5, 5.41) is 12.6.